The second kappa shape index (κ2) is 5.82. The molecule has 3 rings (SSSR count). The van der Waals surface area contributed by atoms with Crippen molar-refractivity contribution in [2.24, 2.45) is 7.05 Å². The van der Waals surface area contributed by atoms with Gasteiger partial charge in [0.15, 0.2) is 5.69 Å². The first-order valence-electron chi connectivity index (χ1n) is 6.86. The van der Waals surface area contributed by atoms with Crippen LogP contribution < -0.4 is 14.4 Å². The number of alkyl halides is 2. The third-order valence-corrected chi connectivity index (χ3v) is 3.32. The number of halogens is 2. The average molecular weight is 324 g/mol. The summed E-state index contributed by atoms with van der Waals surface area (Å²) in [5.41, 5.74) is 1.41. The summed E-state index contributed by atoms with van der Waals surface area (Å²) >= 11 is 0. The largest absolute Gasteiger partial charge is 0.474 e. The Hall–Kier alpha value is -2.71. The van der Waals surface area contributed by atoms with E-state index in [1.165, 1.54) is 18.0 Å². The fourth-order valence-electron chi connectivity index (χ4n) is 2.31. The van der Waals surface area contributed by atoms with Crippen LogP contribution in [0.3, 0.4) is 0 Å². The smallest absolute Gasteiger partial charge is 0.388 e. The van der Waals surface area contributed by atoms with Gasteiger partial charge >= 0.3 is 6.61 Å². The van der Waals surface area contributed by atoms with Crippen LogP contribution in [0.1, 0.15) is 16.1 Å². The van der Waals surface area contributed by atoms with Crippen LogP contribution in [-0.4, -0.2) is 40.4 Å². The zero-order valence-electron chi connectivity index (χ0n) is 12.5. The average Bonchev–Trinajstić information content (AvgIpc) is 2.86. The Bertz CT molecular complexity index is 748. The molecule has 0 aromatic carbocycles. The number of hydrogen-bond acceptors (Lipinski definition) is 5. The predicted octanol–water partition coefficient (Wildman–Crippen LogP) is 1.76. The van der Waals surface area contributed by atoms with Gasteiger partial charge in [0.1, 0.15) is 12.3 Å². The molecule has 2 aromatic heterocycles. The number of pyridine rings is 1. The second-order valence-corrected chi connectivity index (χ2v) is 5.01. The lowest BCUT2D eigenvalue weighted by atomic mass is 10.2. The number of amides is 1. The molecule has 7 nitrogen and oxygen atoms in total. The monoisotopic (exact) mass is 324 g/mol. The number of ether oxygens (including phenoxy) is 2. The highest BCUT2D eigenvalue weighted by atomic mass is 19.3. The zero-order valence-corrected chi connectivity index (χ0v) is 12.5. The van der Waals surface area contributed by atoms with Crippen molar-refractivity contribution in [1.82, 2.24) is 14.8 Å². The molecular weight excluding hydrogens is 310 g/mol. The Labute approximate surface area is 130 Å². The molecule has 0 atom stereocenters. The van der Waals surface area contributed by atoms with E-state index in [-0.39, 0.29) is 11.6 Å². The Morgan fingerprint density at radius 1 is 1.43 bits per heavy atom. The summed E-state index contributed by atoms with van der Waals surface area (Å²) in [6, 6.07) is 2.96. The van der Waals surface area contributed by atoms with E-state index in [1.807, 2.05) is 6.92 Å². The van der Waals surface area contributed by atoms with E-state index in [0.717, 1.165) is 10.2 Å². The van der Waals surface area contributed by atoms with Crippen molar-refractivity contribution >= 4 is 11.6 Å². The number of aryl methyl sites for hydroxylation is 2. The molecule has 1 aliphatic heterocycles. The molecule has 0 spiro atoms. The second-order valence-electron chi connectivity index (χ2n) is 5.01. The van der Waals surface area contributed by atoms with Gasteiger partial charge in [0, 0.05) is 19.3 Å². The van der Waals surface area contributed by atoms with E-state index in [4.69, 9.17) is 4.74 Å². The molecular formula is C14H14F2N4O3. The van der Waals surface area contributed by atoms with Gasteiger partial charge in [0.25, 0.3) is 5.91 Å². The Kier molecular flexibility index (Phi) is 3.85. The van der Waals surface area contributed by atoms with E-state index in [1.54, 1.807) is 12.3 Å². The fourth-order valence-corrected chi connectivity index (χ4v) is 2.31. The normalized spacial score (nSPS) is 13.7. The SMILES string of the molecule is Cc1cnc2c(c1)N(C(=O)c1cc(OC(F)F)n(C)n1)CCO2. The van der Waals surface area contributed by atoms with Gasteiger partial charge < -0.3 is 9.47 Å². The van der Waals surface area contributed by atoms with Crippen LogP contribution >= 0.6 is 0 Å². The van der Waals surface area contributed by atoms with Crippen LogP contribution in [-0.2, 0) is 7.05 Å². The van der Waals surface area contributed by atoms with Crippen LogP contribution in [0, 0.1) is 6.92 Å². The van der Waals surface area contributed by atoms with E-state index < -0.39 is 12.5 Å². The van der Waals surface area contributed by atoms with Gasteiger partial charge in [-0.05, 0) is 18.6 Å². The molecule has 0 aliphatic carbocycles. The standard InChI is InChI=1S/C14H14F2N4O3/c1-8-5-10-12(17-7-8)22-4-3-20(10)13(21)9-6-11(19(2)18-9)23-14(15)16/h5-7,14H,3-4H2,1-2H3. The molecule has 9 heteroatoms. The zero-order chi connectivity index (χ0) is 16.6. The number of carbonyl (C=O) groups excluding carboxylic acids is 1. The maximum atomic E-state index is 12.6. The van der Waals surface area contributed by atoms with E-state index in [9.17, 15) is 13.6 Å². The summed E-state index contributed by atoms with van der Waals surface area (Å²) in [6.45, 7) is -0.523. The van der Waals surface area contributed by atoms with Crippen LogP contribution in [0.4, 0.5) is 14.5 Å². The molecule has 0 fully saturated rings. The summed E-state index contributed by atoms with van der Waals surface area (Å²) in [5, 5.41) is 3.94. The fraction of sp³-hybridized carbons (Fsp3) is 0.357. The summed E-state index contributed by atoms with van der Waals surface area (Å²) in [6.07, 6.45) is 1.64. The highest BCUT2D eigenvalue weighted by molar-refractivity contribution is 6.05. The maximum Gasteiger partial charge on any atom is 0.388 e. The van der Waals surface area contributed by atoms with Crippen LogP contribution in [0.2, 0.25) is 0 Å². The van der Waals surface area contributed by atoms with Crippen molar-refractivity contribution in [1.29, 1.82) is 0 Å². The van der Waals surface area contributed by atoms with Crippen molar-refractivity contribution in [2.45, 2.75) is 13.5 Å². The molecule has 0 saturated heterocycles. The van der Waals surface area contributed by atoms with Gasteiger partial charge in [-0.3, -0.25) is 9.69 Å². The number of aromatic nitrogens is 3. The minimum absolute atomic E-state index is 0.0116. The van der Waals surface area contributed by atoms with E-state index in [2.05, 4.69) is 14.8 Å². The lowest BCUT2D eigenvalue weighted by Gasteiger charge is -2.28. The molecule has 0 N–H and O–H groups in total. The summed E-state index contributed by atoms with van der Waals surface area (Å²) in [4.78, 5) is 18.3. The first kappa shape index (κ1) is 15.2. The number of hydrogen-bond donors (Lipinski definition) is 0. The van der Waals surface area contributed by atoms with Crippen LogP contribution in [0.25, 0.3) is 0 Å². The highest BCUT2D eigenvalue weighted by Gasteiger charge is 2.28. The predicted molar refractivity (Wildman–Crippen MR) is 76.0 cm³/mol. The van der Waals surface area contributed by atoms with Crippen molar-refractivity contribution in [3.8, 4) is 11.8 Å². The van der Waals surface area contributed by atoms with Gasteiger partial charge in [0.05, 0.1) is 6.54 Å². The third kappa shape index (κ3) is 2.94. The Morgan fingerprint density at radius 3 is 2.96 bits per heavy atom. The summed E-state index contributed by atoms with van der Waals surface area (Å²) < 4.78 is 35.5. The Morgan fingerprint density at radius 2 is 2.22 bits per heavy atom. The maximum absolute atomic E-state index is 12.6. The minimum atomic E-state index is -2.98. The first-order valence-corrected chi connectivity index (χ1v) is 6.86. The van der Waals surface area contributed by atoms with Gasteiger partial charge in [-0.15, -0.1) is 0 Å². The van der Waals surface area contributed by atoms with Gasteiger partial charge in [-0.1, -0.05) is 0 Å². The number of anilines is 1. The number of fused-ring (bicyclic) bond motifs is 1. The van der Waals surface area contributed by atoms with Gasteiger partial charge in [-0.2, -0.15) is 13.9 Å². The summed E-state index contributed by atoms with van der Waals surface area (Å²) in [5.74, 6) is -0.254. The lowest BCUT2D eigenvalue weighted by Crippen LogP contribution is -2.38. The van der Waals surface area contributed by atoms with Crippen molar-refractivity contribution < 1.29 is 23.0 Å². The summed E-state index contributed by atoms with van der Waals surface area (Å²) in [7, 11) is 1.42. The molecule has 0 saturated carbocycles. The molecule has 3 heterocycles. The quantitative estimate of drug-likeness (QED) is 0.860. The molecule has 2 aromatic rings. The molecule has 1 aliphatic rings. The van der Waals surface area contributed by atoms with Crippen molar-refractivity contribution in [2.75, 3.05) is 18.1 Å². The third-order valence-electron chi connectivity index (χ3n) is 3.32. The molecule has 0 bridgehead atoms. The highest BCUT2D eigenvalue weighted by Crippen LogP contribution is 2.31. The van der Waals surface area contributed by atoms with Crippen LogP contribution in [0.15, 0.2) is 18.3 Å². The minimum Gasteiger partial charge on any atom is -0.474 e. The van der Waals surface area contributed by atoms with Crippen molar-refractivity contribution in [3.63, 3.8) is 0 Å². The number of rotatable bonds is 3. The Balaban J connectivity index is 1.92. The van der Waals surface area contributed by atoms with Crippen molar-refractivity contribution in [3.05, 3.63) is 29.6 Å². The number of nitrogens with zero attached hydrogens (tertiary/aromatic N) is 4. The molecule has 0 unspecified atom stereocenters. The first-order chi connectivity index (χ1) is 11.0. The van der Waals surface area contributed by atoms with Gasteiger partial charge in [-0.25, -0.2) is 9.67 Å². The molecule has 1 amide bonds. The number of carbonyl (C=O) groups is 1. The lowest BCUT2D eigenvalue weighted by molar-refractivity contribution is -0.0553. The topological polar surface area (TPSA) is 69.5 Å². The van der Waals surface area contributed by atoms with E-state index >= 15 is 0 Å². The van der Waals surface area contributed by atoms with Gasteiger partial charge in [0.2, 0.25) is 11.8 Å². The molecule has 122 valence electrons. The molecule has 0 radical (unpaired) electrons. The molecule has 23 heavy (non-hydrogen) atoms. The van der Waals surface area contributed by atoms with Crippen LogP contribution in [0.5, 0.6) is 11.8 Å². The van der Waals surface area contributed by atoms with E-state index in [0.29, 0.717) is 24.7 Å².